The summed E-state index contributed by atoms with van der Waals surface area (Å²) in [5.41, 5.74) is 1.17. The van der Waals surface area contributed by atoms with Crippen molar-refractivity contribution >= 4 is 33.2 Å². The minimum atomic E-state index is -2.84. The minimum Gasteiger partial charge on any atom is -0.309 e. The van der Waals surface area contributed by atoms with Gasteiger partial charge in [-0.05, 0) is 30.0 Å². The molecule has 0 saturated carbocycles. The van der Waals surface area contributed by atoms with Crippen LogP contribution in [0.2, 0.25) is 5.02 Å². The van der Waals surface area contributed by atoms with Crippen molar-refractivity contribution in [1.29, 1.82) is 0 Å². The molecular weight excluding hydrogens is 354 g/mol. The van der Waals surface area contributed by atoms with Crippen LogP contribution in [0, 0.1) is 5.92 Å². The van der Waals surface area contributed by atoms with Gasteiger partial charge < -0.3 is 4.57 Å². The Morgan fingerprint density at radius 1 is 1.30 bits per heavy atom. The molecule has 2 aromatic rings. The molecule has 0 amide bonds. The number of aromatic nitrogens is 3. The van der Waals surface area contributed by atoms with E-state index in [0.29, 0.717) is 12.2 Å². The molecule has 1 saturated heterocycles. The fourth-order valence-corrected chi connectivity index (χ4v) is 5.54. The minimum absolute atomic E-state index is 0.164. The number of thioether (sulfide) groups is 1. The van der Waals surface area contributed by atoms with Gasteiger partial charge in [-0.1, -0.05) is 35.5 Å². The van der Waals surface area contributed by atoms with Gasteiger partial charge in [-0.3, -0.25) is 0 Å². The molecule has 1 aromatic heterocycles. The Bertz CT molecular complexity index is 788. The van der Waals surface area contributed by atoms with Gasteiger partial charge >= 0.3 is 0 Å². The molecule has 1 atom stereocenters. The Balaban J connectivity index is 1.61. The Kier molecular flexibility index (Phi) is 4.98. The molecule has 0 aliphatic carbocycles. The first kappa shape index (κ1) is 16.8. The highest BCUT2D eigenvalue weighted by atomic mass is 35.5. The van der Waals surface area contributed by atoms with Gasteiger partial charge in [-0.25, -0.2) is 8.42 Å². The highest BCUT2D eigenvalue weighted by Crippen LogP contribution is 2.25. The maximum Gasteiger partial charge on any atom is 0.191 e. The van der Waals surface area contributed by atoms with Crippen LogP contribution in [-0.2, 0) is 29.1 Å². The number of halogens is 1. The van der Waals surface area contributed by atoms with Gasteiger partial charge in [-0.2, -0.15) is 0 Å². The number of nitrogens with zero attached hydrogens (tertiary/aromatic N) is 3. The normalized spacial score (nSPS) is 20.0. The number of sulfone groups is 1. The summed E-state index contributed by atoms with van der Waals surface area (Å²) in [6.07, 6.45) is 1.40. The first-order valence-electron chi connectivity index (χ1n) is 7.39. The summed E-state index contributed by atoms with van der Waals surface area (Å²) >= 11 is 7.49. The van der Waals surface area contributed by atoms with Crippen LogP contribution in [0.25, 0.3) is 0 Å². The van der Waals surface area contributed by atoms with Crippen LogP contribution >= 0.6 is 23.4 Å². The van der Waals surface area contributed by atoms with Gasteiger partial charge in [0.05, 0.1) is 11.5 Å². The van der Waals surface area contributed by atoms with Crippen molar-refractivity contribution < 1.29 is 8.42 Å². The second kappa shape index (κ2) is 6.83. The monoisotopic (exact) mass is 371 g/mol. The van der Waals surface area contributed by atoms with Crippen molar-refractivity contribution in [2.75, 3.05) is 11.5 Å². The van der Waals surface area contributed by atoms with Crippen molar-refractivity contribution in [3.05, 3.63) is 40.7 Å². The van der Waals surface area contributed by atoms with Gasteiger partial charge in [0, 0.05) is 24.2 Å². The first-order valence-corrected chi connectivity index (χ1v) is 10.6. The zero-order valence-electron chi connectivity index (χ0n) is 12.8. The van der Waals surface area contributed by atoms with Crippen LogP contribution in [0.4, 0.5) is 0 Å². The van der Waals surface area contributed by atoms with Crippen molar-refractivity contribution in [1.82, 2.24) is 14.8 Å². The SMILES string of the molecule is Cn1c(CC2CCS(=O)(=O)C2)nnc1SCc1ccc(Cl)cc1. The smallest absolute Gasteiger partial charge is 0.191 e. The summed E-state index contributed by atoms with van der Waals surface area (Å²) in [6.45, 7) is 0. The van der Waals surface area contributed by atoms with E-state index in [2.05, 4.69) is 10.2 Å². The van der Waals surface area contributed by atoms with Gasteiger partial charge in [-0.15, -0.1) is 10.2 Å². The molecule has 1 fully saturated rings. The van der Waals surface area contributed by atoms with Gasteiger partial charge in [0.25, 0.3) is 0 Å². The third-order valence-corrected chi connectivity index (χ3v) is 7.18. The van der Waals surface area contributed by atoms with Crippen LogP contribution in [0.3, 0.4) is 0 Å². The molecule has 1 aliphatic rings. The lowest BCUT2D eigenvalue weighted by Gasteiger charge is -2.07. The fraction of sp³-hybridized carbons (Fsp3) is 0.467. The maximum absolute atomic E-state index is 11.5. The van der Waals surface area contributed by atoms with E-state index in [1.807, 2.05) is 35.9 Å². The van der Waals surface area contributed by atoms with Gasteiger partial charge in [0.15, 0.2) is 15.0 Å². The van der Waals surface area contributed by atoms with Crippen molar-refractivity contribution in [2.45, 2.75) is 23.8 Å². The summed E-state index contributed by atoms with van der Waals surface area (Å²) in [5, 5.41) is 10.0. The maximum atomic E-state index is 11.5. The molecule has 0 radical (unpaired) electrons. The summed E-state index contributed by atoms with van der Waals surface area (Å²) in [6, 6.07) is 7.74. The van der Waals surface area contributed by atoms with Crippen LogP contribution in [0.5, 0.6) is 0 Å². The molecule has 1 aliphatic heterocycles. The lowest BCUT2D eigenvalue weighted by atomic mass is 10.1. The number of hydrogen-bond donors (Lipinski definition) is 0. The largest absolute Gasteiger partial charge is 0.309 e. The van der Waals surface area contributed by atoms with Crippen LogP contribution < -0.4 is 0 Å². The van der Waals surface area contributed by atoms with E-state index in [1.54, 1.807) is 11.8 Å². The second-order valence-corrected chi connectivity index (χ2v) is 9.45. The summed E-state index contributed by atoms with van der Waals surface area (Å²) in [4.78, 5) is 0. The van der Waals surface area contributed by atoms with Crippen molar-refractivity contribution in [3.63, 3.8) is 0 Å². The average Bonchev–Trinajstić information content (AvgIpc) is 3.02. The molecule has 0 bridgehead atoms. The molecular formula is C15H18ClN3O2S2. The zero-order chi connectivity index (χ0) is 16.4. The Labute approximate surface area is 145 Å². The standard InChI is InChI=1S/C15H18ClN3O2S2/c1-19-14(8-12-6-7-23(20,21)10-12)17-18-15(19)22-9-11-2-4-13(16)5-3-11/h2-5,12H,6-10H2,1H3. The van der Waals surface area contributed by atoms with Crippen LogP contribution in [0.15, 0.2) is 29.4 Å². The third-order valence-electron chi connectivity index (χ3n) is 4.00. The summed E-state index contributed by atoms with van der Waals surface area (Å²) < 4.78 is 25.1. The lowest BCUT2D eigenvalue weighted by molar-refractivity contribution is 0.552. The molecule has 124 valence electrons. The van der Waals surface area contributed by atoms with E-state index < -0.39 is 9.84 Å². The van der Waals surface area contributed by atoms with Gasteiger partial charge in [0.1, 0.15) is 5.82 Å². The highest BCUT2D eigenvalue weighted by Gasteiger charge is 2.29. The Morgan fingerprint density at radius 3 is 2.70 bits per heavy atom. The van der Waals surface area contributed by atoms with Gasteiger partial charge in [0.2, 0.25) is 0 Å². The van der Waals surface area contributed by atoms with Crippen LogP contribution in [-0.4, -0.2) is 34.7 Å². The summed E-state index contributed by atoms with van der Waals surface area (Å²) in [7, 11) is -0.911. The predicted molar refractivity (Wildman–Crippen MR) is 92.5 cm³/mol. The fourth-order valence-electron chi connectivity index (χ4n) is 2.67. The molecule has 3 rings (SSSR count). The lowest BCUT2D eigenvalue weighted by Crippen LogP contribution is -2.11. The number of rotatable bonds is 5. The average molecular weight is 372 g/mol. The van der Waals surface area contributed by atoms with E-state index in [9.17, 15) is 8.42 Å². The highest BCUT2D eigenvalue weighted by molar-refractivity contribution is 7.98. The molecule has 0 spiro atoms. The molecule has 1 aromatic carbocycles. The topological polar surface area (TPSA) is 64.8 Å². The van der Waals surface area contributed by atoms with E-state index in [-0.39, 0.29) is 11.7 Å². The van der Waals surface area contributed by atoms with E-state index in [1.165, 1.54) is 5.56 Å². The molecule has 23 heavy (non-hydrogen) atoms. The molecule has 1 unspecified atom stereocenters. The summed E-state index contributed by atoms with van der Waals surface area (Å²) in [5.74, 6) is 2.38. The van der Waals surface area contributed by atoms with Crippen LogP contribution in [0.1, 0.15) is 17.8 Å². The predicted octanol–water partition coefficient (Wildman–Crippen LogP) is 2.74. The third kappa shape index (κ3) is 4.28. The van der Waals surface area contributed by atoms with Crippen molar-refractivity contribution in [2.24, 2.45) is 13.0 Å². The number of benzene rings is 1. The quantitative estimate of drug-likeness (QED) is 0.756. The van der Waals surface area contributed by atoms with E-state index in [0.717, 1.165) is 28.2 Å². The second-order valence-electron chi connectivity index (χ2n) is 5.85. The molecule has 5 nitrogen and oxygen atoms in total. The number of hydrogen-bond acceptors (Lipinski definition) is 5. The Morgan fingerprint density at radius 2 is 2.04 bits per heavy atom. The Hall–Kier alpha value is -1.05. The van der Waals surface area contributed by atoms with E-state index in [4.69, 9.17) is 11.6 Å². The van der Waals surface area contributed by atoms with E-state index >= 15 is 0 Å². The molecule has 0 N–H and O–H groups in total. The molecule has 8 heteroatoms. The molecule has 2 heterocycles. The van der Waals surface area contributed by atoms with Crippen molar-refractivity contribution in [3.8, 4) is 0 Å². The zero-order valence-corrected chi connectivity index (χ0v) is 15.2. The first-order chi connectivity index (χ1) is 10.9.